The number of nitrogens with zero attached hydrogens (tertiary/aromatic N) is 5. The summed E-state index contributed by atoms with van der Waals surface area (Å²) in [6.45, 7) is 7.13. The van der Waals surface area contributed by atoms with Crippen molar-refractivity contribution in [1.82, 2.24) is 19.7 Å². The zero-order chi connectivity index (χ0) is 30.5. The van der Waals surface area contributed by atoms with Crippen LogP contribution in [0.4, 0.5) is 16.2 Å². The Balaban J connectivity index is 1.24. The Labute approximate surface area is 249 Å². The molecule has 12 heteroatoms. The van der Waals surface area contributed by atoms with E-state index in [-0.39, 0.29) is 30.2 Å². The van der Waals surface area contributed by atoms with Gasteiger partial charge in [0.05, 0.1) is 36.7 Å². The van der Waals surface area contributed by atoms with Crippen LogP contribution in [-0.2, 0) is 11.8 Å². The van der Waals surface area contributed by atoms with Crippen molar-refractivity contribution in [3.63, 3.8) is 0 Å². The molecule has 6 rings (SSSR count). The molecule has 2 aliphatic rings. The van der Waals surface area contributed by atoms with Gasteiger partial charge >= 0.3 is 12.2 Å². The first-order valence-electron chi connectivity index (χ1n) is 14.6. The van der Waals surface area contributed by atoms with Gasteiger partial charge in [0.15, 0.2) is 5.58 Å². The van der Waals surface area contributed by atoms with Crippen molar-refractivity contribution in [3.8, 4) is 11.8 Å². The Hall–Kier alpha value is -4.48. The minimum absolute atomic E-state index is 0.0746. The number of benzene rings is 2. The van der Waals surface area contributed by atoms with Crippen LogP contribution in [0, 0.1) is 0 Å². The molecule has 0 bridgehead atoms. The van der Waals surface area contributed by atoms with Crippen molar-refractivity contribution in [1.29, 1.82) is 0 Å². The highest BCUT2D eigenvalue weighted by Crippen LogP contribution is 2.38. The van der Waals surface area contributed by atoms with Gasteiger partial charge in [-0.2, -0.15) is 10.1 Å². The molecule has 1 aliphatic carbocycles. The molecule has 2 amide bonds. The van der Waals surface area contributed by atoms with Gasteiger partial charge in [0.25, 0.3) is 5.91 Å². The molecule has 0 atom stereocenters. The number of rotatable bonds is 7. The third kappa shape index (κ3) is 5.78. The third-order valence-electron chi connectivity index (χ3n) is 7.85. The number of piperidine rings is 1. The quantitative estimate of drug-likeness (QED) is 0.303. The van der Waals surface area contributed by atoms with Crippen molar-refractivity contribution in [2.75, 3.05) is 37.5 Å². The number of carbonyl (C=O) groups excluding carboxylic acids is 2. The number of hydrogen-bond acceptors (Lipinski definition) is 9. The summed E-state index contributed by atoms with van der Waals surface area (Å²) in [6.07, 6.45) is 5.35. The fraction of sp³-hybridized carbons (Fsp3) is 0.484. The summed E-state index contributed by atoms with van der Waals surface area (Å²) in [5.74, 6) is 0.130. The molecule has 4 aromatic rings. The maximum Gasteiger partial charge on any atom is 0.410 e. The summed E-state index contributed by atoms with van der Waals surface area (Å²) in [5.41, 5.74) is 2.80. The Morgan fingerprint density at radius 1 is 1.05 bits per heavy atom. The lowest BCUT2D eigenvalue weighted by molar-refractivity contribution is 0.0114. The van der Waals surface area contributed by atoms with E-state index in [9.17, 15) is 9.59 Å². The summed E-state index contributed by atoms with van der Waals surface area (Å²) in [6, 6.07) is 7.63. The highest BCUT2D eigenvalue weighted by Gasteiger charge is 2.41. The van der Waals surface area contributed by atoms with Gasteiger partial charge < -0.3 is 33.7 Å². The highest BCUT2D eigenvalue weighted by atomic mass is 16.6. The van der Waals surface area contributed by atoms with Crippen LogP contribution in [0.5, 0.6) is 11.8 Å². The Bertz CT molecular complexity index is 1680. The van der Waals surface area contributed by atoms with E-state index in [1.807, 2.05) is 51.0 Å². The molecule has 1 N–H and O–H groups in total. The molecule has 0 unspecified atom stereocenters. The molecular formula is C31H38N6O6. The molecule has 2 aromatic carbocycles. The average molecular weight is 591 g/mol. The second kappa shape index (κ2) is 11.0. The van der Waals surface area contributed by atoms with Crippen molar-refractivity contribution < 1.29 is 28.2 Å². The predicted octanol–water partition coefficient (Wildman–Crippen LogP) is 5.35. The second-order valence-electron chi connectivity index (χ2n) is 12.2. The van der Waals surface area contributed by atoms with Crippen LogP contribution in [0.25, 0.3) is 22.0 Å². The molecule has 3 heterocycles. The maximum absolute atomic E-state index is 13.6. The molecule has 1 aliphatic heterocycles. The molecule has 12 nitrogen and oxygen atoms in total. The number of fused-ring (bicyclic) bond motifs is 2. The molecule has 0 radical (unpaired) electrons. The van der Waals surface area contributed by atoms with Gasteiger partial charge in [0.2, 0.25) is 0 Å². The van der Waals surface area contributed by atoms with E-state index in [4.69, 9.17) is 18.6 Å². The zero-order valence-electron chi connectivity index (χ0n) is 25.5. The third-order valence-corrected chi connectivity index (χ3v) is 7.85. The van der Waals surface area contributed by atoms with Crippen LogP contribution >= 0.6 is 0 Å². The number of aryl methyl sites for hydroxylation is 1. The number of nitrogens with one attached hydrogen (secondary N) is 1. The average Bonchev–Trinajstić information content (AvgIpc) is 3.57. The molecule has 2 aromatic heterocycles. The van der Waals surface area contributed by atoms with E-state index in [0.717, 1.165) is 55.4 Å². The van der Waals surface area contributed by atoms with Gasteiger partial charge in [-0.3, -0.25) is 9.48 Å². The smallest absolute Gasteiger partial charge is 0.410 e. The summed E-state index contributed by atoms with van der Waals surface area (Å²) < 4.78 is 24.2. The highest BCUT2D eigenvalue weighted by molar-refractivity contribution is 6.13. The van der Waals surface area contributed by atoms with Gasteiger partial charge in [-0.1, -0.05) is 0 Å². The van der Waals surface area contributed by atoms with Crippen molar-refractivity contribution in [2.24, 2.45) is 7.05 Å². The largest absolute Gasteiger partial charge is 0.494 e. The van der Waals surface area contributed by atoms with Gasteiger partial charge in [-0.15, -0.1) is 0 Å². The standard InChI is InChI=1S/C31H38N6O6/c1-31(2,3)43-30(39)37(19-7-8-19)20-11-13-36(14-12-20)24-10-9-21(27-26(24)33-29(41-6)42-27)28(38)32-23-15-18-17-35(4)34-22(18)16-25(23)40-5/h9-10,15-17,19-20H,7-8,11-14H2,1-6H3,(H,32,38). The van der Waals surface area contributed by atoms with Crippen LogP contribution < -0.4 is 19.7 Å². The van der Waals surface area contributed by atoms with Crippen LogP contribution in [0.2, 0.25) is 0 Å². The summed E-state index contributed by atoms with van der Waals surface area (Å²) in [5, 5.41) is 8.25. The molecule has 1 saturated carbocycles. The van der Waals surface area contributed by atoms with E-state index in [0.29, 0.717) is 28.1 Å². The normalized spacial score (nSPS) is 16.0. The predicted molar refractivity (Wildman–Crippen MR) is 162 cm³/mol. The van der Waals surface area contributed by atoms with Crippen LogP contribution in [0.1, 0.15) is 56.8 Å². The topological polar surface area (TPSA) is 124 Å². The first-order valence-corrected chi connectivity index (χ1v) is 14.6. The van der Waals surface area contributed by atoms with Crippen LogP contribution in [0.3, 0.4) is 0 Å². The number of amides is 2. The molecule has 2 fully saturated rings. The summed E-state index contributed by atoms with van der Waals surface area (Å²) >= 11 is 0. The van der Waals surface area contributed by atoms with Crippen molar-refractivity contribution >= 4 is 45.4 Å². The number of hydrogen-bond donors (Lipinski definition) is 1. The van der Waals surface area contributed by atoms with E-state index in [1.54, 1.807) is 23.9 Å². The maximum atomic E-state index is 13.6. The molecule has 1 saturated heterocycles. The van der Waals surface area contributed by atoms with Crippen molar-refractivity contribution in [2.45, 2.75) is 64.1 Å². The van der Waals surface area contributed by atoms with E-state index in [1.165, 1.54) is 7.11 Å². The van der Waals surface area contributed by atoms with Gasteiger partial charge in [-0.05, 0) is 64.7 Å². The molecular weight excluding hydrogens is 552 g/mol. The number of ether oxygens (including phenoxy) is 3. The number of methoxy groups -OCH3 is 2. The first-order chi connectivity index (χ1) is 20.5. The lowest BCUT2D eigenvalue weighted by Gasteiger charge is -2.40. The lowest BCUT2D eigenvalue weighted by Crippen LogP contribution is -2.50. The minimum Gasteiger partial charge on any atom is -0.494 e. The van der Waals surface area contributed by atoms with Gasteiger partial charge in [-0.25, -0.2) is 4.79 Å². The van der Waals surface area contributed by atoms with E-state index < -0.39 is 5.60 Å². The van der Waals surface area contributed by atoms with Crippen LogP contribution in [0.15, 0.2) is 34.9 Å². The number of oxazole rings is 1. The number of aromatic nitrogens is 3. The fourth-order valence-corrected chi connectivity index (χ4v) is 5.78. The second-order valence-corrected chi connectivity index (χ2v) is 12.2. The molecule has 43 heavy (non-hydrogen) atoms. The van der Waals surface area contributed by atoms with E-state index >= 15 is 0 Å². The number of anilines is 2. The number of carbonyl (C=O) groups is 2. The lowest BCUT2D eigenvalue weighted by atomic mass is 10.0. The summed E-state index contributed by atoms with van der Waals surface area (Å²) in [4.78, 5) is 35.4. The Morgan fingerprint density at radius 3 is 2.42 bits per heavy atom. The minimum atomic E-state index is -0.535. The first kappa shape index (κ1) is 28.6. The van der Waals surface area contributed by atoms with Crippen LogP contribution in [-0.4, -0.2) is 76.7 Å². The summed E-state index contributed by atoms with van der Waals surface area (Å²) in [7, 11) is 4.87. The molecule has 0 spiro atoms. The van der Waals surface area contributed by atoms with Crippen molar-refractivity contribution in [3.05, 3.63) is 36.0 Å². The Kier molecular flexibility index (Phi) is 7.31. The Morgan fingerprint density at radius 2 is 1.77 bits per heavy atom. The SMILES string of the molecule is COc1nc2c(N3CCC(N(C(=O)OC(C)(C)C)C4CC4)CC3)ccc(C(=O)Nc3cc4cn(C)nc4cc3OC)c2o1. The zero-order valence-corrected chi connectivity index (χ0v) is 25.5. The fourth-order valence-electron chi connectivity index (χ4n) is 5.78. The van der Waals surface area contributed by atoms with Gasteiger partial charge in [0.1, 0.15) is 16.9 Å². The molecule has 228 valence electrons. The monoisotopic (exact) mass is 590 g/mol. The van der Waals surface area contributed by atoms with Gasteiger partial charge in [0, 0.05) is 49.9 Å². The van der Waals surface area contributed by atoms with E-state index in [2.05, 4.69) is 20.3 Å².